The van der Waals surface area contributed by atoms with Crippen LogP contribution in [0.3, 0.4) is 0 Å². The van der Waals surface area contributed by atoms with Crippen LogP contribution in [0.25, 0.3) is 0 Å². The van der Waals surface area contributed by atoms with E-state index in [9.17, 15) is 13.2 Å². The van der Waals surface area contributed by atoms with E-state index in [1.165, 1.54) is 7.11 Å². The Bertz CT molecular complexity index is 634. The number of amides is 1. The molecule has 1 saturated heterocycles. The van der Waals surface area contributed by atoms with Crippen molar-refractivity contribution in [2.24, 2.45) is 5.92 Å². The molecule has 1 aromatic rings. The molecular weight excluding hydrogens is 417 g/mol. The highest BCUT2D eigenvalue weighted by Gasteiger charge is 2.34. The molecule has 1 unspecified atom stereocenters. The number of anilines is 1. The molecule has 1 aliphatic rings. The molecule has 8 heteroatoms. The standard InChI is InChI=1S/C12H13ClINO4S/c1-19-11-3-2-9(14)5-10(11)15-6-8(4-12(15)16)7-20(13,17)18/h2-3,5,8H,4,6-7H2,1H3. The second-order valence-corrected chi connectivity index (χ2v) is 8.66. The first-order valence-electron chi connectivity index (χ1n) is 5.86. The summed E-state index contributed by atoms with van der Waals surface area (Å²) in [7, 11) is 3.19. The lowest BCUT2D eigenvalue weighted by Gasteiger charge is -2.19. The summed E-state index contributed by atoms with van der Waals surface area (Å²) in [6, 6.07) is 5.51. The fraction of sp³-hybridized carbons (Fsp3) is 0.417. The number of rotatable bonds is 4. The van der Waals surface area contributed by atoms with Crippen molar-refractivity contribution in [1.29, 1.82) is 0 Å². The topological polar surface area (TPSA) is 63.7 Å². The van der Waals surface area contributed by atoms with Gasteiger partial charge < -0.3 is 9.64 Å². The van der Waals surface area contributed by atoms with E-state index >= 15 is 0 Å². The summed E-state index contributed by atoms with van der Waals surface area (Å²) in [5.74, 6) is -0.000379. The third-order valence-electron chi connectivity index (χ3n) is 3.07. The molecule has 110 valence electrons. The predicted molar refractivity (Wildman–Crippen MR) is 85.8 cm³/mol. The van der Waals surface area contributed by atoms with Gasteiger partial charge in [-0.15, -0.1) is 0 Å². The highest BCUT2D eigenvalue weighted by atomic mass is 127. The molecule has 1 aliphatic heterocycles. The van der Waals surface area contributed by atoms with Crippen molar-refractivity contribution < 1.29 is 17.9 Å². The van der Waals surface area contributed by atoms with E-state index in [-0.39, 0.29) is 24.0 Å². The van der Waals surface area contributed by atoms with E-state index in [0.717, 1.165) is 3.57 Å². The van der Waals surface area contributed by atoms with Gasteiger partial charge in [-0.25, -0.2) is 8.42 Å². The Morgan fingerprint density at radius 1 is 1.50 bits per heavy atom. The third-order valence-corrected chi connectivity index (χ3v) is 4.99. The summed E-state index contributed by atoms with van der Waals surface area (Å²) >= 11 is 2.15. The maximum atomic E-state index is 12.1. The summed E-state index contributed by atoms with van der Waals surface area (Å²) in [5.41, 5.74) is 0.666. The SMILES string of the molecule is COc1ccc(I)cc1N1CC(CS(=O)(=O)Cl)CC1=O. The van der Waals surface area contributed by atoms with Gasteiger partial charge in [0.2, 0.25) is 15.0 Å². The molecule has 1 amide bonds. The van der Waals surface area contributed by atoms with Gasteiger partial charge in [-0.3, -0.25) is 4.79 Å². The molecule has 1 heterocycles. The molecule has 0 aromatic heterocycles. The molecule has 0 radical (unpaired) electrons. The van der Waals surface area contributed by atoms with Crippen LogP contribution in [0.15, 0.2) is 18.2 Å². The average molecular weight is 430 g/mol. The fourth-order valence-electron chi connectivity index (χ4n) is 2.28. The third kappa shape index (κ3) is 3.76. The number of methoxy groups -OCH3 is 1. The molecular formula is C12H13ClINO4S. The van der Waals surface area contributed by atoms with E-state index in [0.29, 0.717) is 18.0 Å². The molecule has 2 rings (SSSR count). The van der Waals surface area contributed by atoms with Crippen molar-refractivity contribution in [3.05, 3.63) is 21.8 Å². The van der Waals surface area contributed by atoms with Crippen LogP contribution >= 0.6 is 33.3 Å². The van der Waals surface area contributed by atoms with Gasteiger partial charge in [0.15, 0.2) is 0 Å². The number of benzene rings is 1. The lowest BCUT2D eigenvalue weighted by Crippen LogP contribution is -2.25. The Morgan fingerprint density at radius 3 is 2.80 bits per heavy atom. The first kappa shape index (κ1) is 15.8. The largest absolute Gasteiger partial charge is 0.495 e. The molecule has 5 nitrogen and oxygen atoms in total. The highest BCUT2D eigenvalue weighted by Crippen LogP contribution is 2.34. The summed E-state index contributed by atoms with van der Waals surface area (Å²) in [6.07, 6.45) is 0.181. The maximum Gasteiger partial charge on any atom is 0.232 e. The Labute approximate surface area is 135 Å². The number of halogens is 2. The molecule has 1 aromatic carbocycles. The maximum absolute atomic E-state index is 12.1. The van der Waals surface area contributed by atoms with Crippen LogP contribution in [0.5, 0.6) is 5.75 Å². The normalized spacial score (nSPS) is 19.4. The Kier molecular flexibility index (Phi) is 4.80. The average Bonchev–Trinajstić information content (AvgIpc) is 2.67. The lowest BCUT2D eigenvalue weighted by atomic mass is 10.1. The Morgan fingerprint density at radius 2 is 2.20 bits per heavy atom. The van der Waals surface area contributed by atoms with Gasteiger partial charge in [0.25, 0.3) is 0 Å². The number of ether oxygens (including phenoxy) is 1. The molecule has 0 bridgehead atoms. The zero-order valence-corrected chi connectivity index (χ0v) is 14.4. The van der Waals surface area contributed by atoms with E-state index in [4.69, 9.17) is 15.4 Å². The van der Waals surface area contributed by atoms with Crippen molar-refractivity contribution in [1.82, 2.24) is 0 Å². The molecule has 0 spiro atoms. The van der Waals surface area contributed by atoms with Gasteiger partial charge in [-0.05, 0) is 40.8 Å². The van der Waals surface area contributed by atoms with Crippen molar-refractivity contribution in [2.75, 3.05) is 24.3 Å². The van der Waals surface area contributed by atoms with Gasteiger partial charge in [-0.2, -0.15) is 0 Å². The fourth-order valence-corrected chi connectivity index (χ4v) is 4.08. The molecule has 20 heavy (non-hydrogen) atoms. The second kappa shape index (κ2) is 6.07. The van der Waals surface area contributed by atoms with E-state index in [1.807, 2.05) is 12.1 Å². The molecule has 0 N–H and O–H groups in total. The van der Waals surface area contributed by atoms with Crippen LogP contribution in [0, 0.1) is 9.49 Å². The van der Waals surface area contributed by atoms with Crippen molar-refractivity contribution in [2.45, 2.75) is 6.42 Å². The number of nitrogens with zero attached hydrogens (tertiary/aromatic N) is 1. The van der Waals surface area contributed by atoms with E-state index < -0.39 is 9.05 Å². The predicted octanol–water partition coefficient (Wildman–Crippen LogP) is 2.22. The minimum absolute atomic E-state index is 0.115. The van der Waals surface area contributed by atoms with Crippen LogP contribution in [0.1, 0.15) is 6.42 Å². The summed E-state index contributed by atoms with van der Waals surface area (Å²) in [6.45, 7) is 0.335. The number of carbonyl (C=O) groups is 1. The lowest BCUT2D eigenvalue weighted by molar-refractivity contribution is -0.117. The Balaban J connectivity index is 2.26. The van der Waals surface area contributed by atoms with E-state index in [2.05, 4.69) is 22.6 Å². The van der Waals surface area contributed by atoms with E-state index in [1.54, 1.807) is 11.0 Å². The number of carbonyl (C=O) groups excluding carboxylic acids is 1. The molecule has 0 aliphatic carbocycles. The van der Waals surface area contributed by atoms with Crippen LogP contribution in [-0.2, 0) is 13.8 Å². The number of hydrogen-bond acceptors (Lipinski definition) is 4. The van der Waals surface area contributed by atoms with Gasteiger partial charge >= 0.3 is 0 Å². The van der Waals surface area contributed by atoms with Crippen molar-refractivity contribution in [3.8, 4) is 5.75 Å². The van der Waals surface area contributed by atoms with Gasteiger partial charge in [0.05, 0.1) is 18.6 Å². The van der Waals surface area contributed by atoms with Gasteiger partial charge in [0, 0.05) is 33.1 Å². The highest BCUT2D eigenvalue weighted by molar-refractivity contribution is 14.1. The Hall–Kier alpha value is -0.540. The first-order chi connectivity index (χ1) is 9.30. The van der Waals surface area contributed by atoms with Crippen LogP contribution in [-0.4, -0.2) is 33.7 Å². The smallest absolute Gasteiger partial charge is 0.232 e. The first-order valence-corrected chi connectivity index (χ1v) is 9.42. The number of hydrogen-bond donors (Lipinski definition) is 0. The zero-order valence-electron chi connectivity index (χ0n) is 10.7. The summed E-state index contributed by atoms with van der Waals surface area (Å²) < 4.78 is 28.5. The van der Waals surface area contributed by atoms with Crippen LogP contribution in [0.2, 0.25) is 0 Å². The van der Waals surface area contributed by atoms with Crippen molar-refractivity contribution >= 4 is 53.9 Å². The molecule has 1 atom stereocenters. The minimum Gasteiger partial charge on any atom is -0.495 e. The second-order valence-electron chi connectivity index (χ2n) is 4.60. The monoisotopic (exact) mass is 429 g/mol. The van der Waals surface area contributed by atoms with Gasteiger partial charge in [0.1, 0.15) is 5.75 Å². The summed E-state index contributed by atoms with van der Waals surface area (Å²) in [4.78, 5) is 13.6. The van der Waals surface area contributed by atoms with Crippen molar-refractivity contribution in [3.63, 3.8) is 0 Å². The van der Waals surface area contributed by atoms with Crippen LogP contribution in [0.4, 0.5) is 5.69 Å². The molecule has 0 saturated carbocycles. The minimum atomic E-state index is -3.60. The summed E-state index contributed by atoms with van der Waals surface area (Å²) in [5, 5.41) is 0. The van der Waals surface area contributed by atoms with Gasteiger partial charge in [-0.1, -0.05) is 0 Å². The molecule has 1 fully saturated rings. The zero-order chi connectivity index (χ0) is 14.9. The quantitative estimate of drug-likeness (QED) is 0.544. The van der Waals surface area contributed by atoms with Crippen LogP contribution < -0.4 is 9.64 Å².